The molecule has 66 valence electrons. The Labute approximate surface area is 70.7 Å². The lowest BCUT2D eigenvalue weighted by Crippen LogP contribution is -2.54. The average Bonchev–Trinajstić information content (AvgIpc) is 2.02. The summed E-state index contributed by atoms with van der Waals surface area (Å²) >= 11 is 0. The van der Waals surface area contributed by atoms with E-state index in [0.717, 1.165) is 0 Å². The van der Waals surface area contributed by atoms with Gasteiger partial charge in [0.1, 0.15) is 12.4 Å². The number of rotatable bonds is 3. The van der Waals surface area contributed by atoms with Gasteiger partial charge in [-0.2, -0.15) is 0 Å². The lowest BCUT2D eigenvalue weighted by molar-refractivity contribution is 0.00619. The normalized spacial score (nSPS) is 11.2. The van der Waals surface area contributed by atoms with Crippen LogP contribution in [0.3, 0.4) is 0 Å². The van der Waals surface area contributed by atoms with Crippen molar-refractivity contribution in [3.63, 3.8) is 0 Å². The van der Waals surface area contributed by atoms with Crippen molar-refractivity contribution < 1.29 is 9.84 Å². The minimum Gasteiger partial charge on any atom is -0.488 e. The third-order valence-corrected chi connectivity index (χ3v) is 1.21. The van der Waals surface area contributed by atoms with E-state index < -0.39 is 5.85 Å². The fourth-order valence-corrected chi connectivity index (χ4v) is 0.716. The maximum atomic E-state index is 8.91. The van der Waals surface area contributed by atoms with Crippen LogP contribution in [0.2, 0.25) is 0 Å². The summed E-state index contributed by atoms with van der Waals surface area (Å²) < 4.78 is 5.07. The predicted octanol–water partition coefficient (Wildman–Crippen LogP) is -0.371. The SMILES string of the molecule is NC(N)(O)COc1ccccc1. The van der Waals surface area contributed by atoms with Gasteiger partial charge in [-0.15, -0.1) is 0 Å². The largest absolute Gasteiger partial charge is 0.488 e. The Balaban J connectivity index is 2.44. The van der Waals surface area contributed by atoms with E-state index in [1.807, 2.05) is 18.2 Å². The summed E-state index contributed by atoms with van der Waals surface area (Å²) in [6.07, 6.45) is 0. The molecule has 1 aromatic carbocycles. The van der Waals surface area contributed by atoms with Crippen LogP contribution in [0.4, 0.5) is 0 Å². The highest BCUT2D eigenvalue weighted by Crippen LogP contribution is 2.08. The van der Waals surface area contributed by atoms with E-state index in [-0.39, 0.29) is 6.61 Å². The van der Waals surface area contributed by atoms with E-state index in [0.29, 0.717) is 5.75 Å². The van der Waals surface area contributed by atoms with E-state index >= 15 is 0 Å². The summed E-state index contributed by atoms with van der Waals surface area (Å²) in [5, 5.41) is 8.91. The number of benzene rings is 1. The molecule has 0 saturated carbocycles. The van der Waals surface area contributed by atoms with Gasteiger partial charge in [0.15, 0.2) is 0 Å². The Morgan fingerprint density at radius 1 is 1.25 bits per heavy atom. The summed E-state index contributed by atoms with van der Waals surface area (Å²) in [7, 11) is 0. The quantitative estimate of drug-likeness (QED) is 0.538. The minimum atomic E-state index is -1.77. The maximum absolute atomic E-state index is 8.91. The van der Waals surface area contributed by atoms with Crippen LogP contribution in [0, 0.1) is 0 Å². The fourth-order valence-electron chi connectivity index (χ4n) is 0.716. The smallest absolute Gasteiger partial charge is 0.202 e. The molecule has 12 heavy (non-hydrogen) atoms. The minimum absolute atomic E-state index is 0.128. The highest BCUT2D eigenvalue weighted by atomic mass is 16.5. The number of ether oxygens (including phenoxy) is 1. The van der Waals surface area contributed by atoms with E-state index in [9.17, 15) is 0 Å². The molecule has 0 fully saturated rings. The molecule has 0 atom stereocenters. The summed E-state index contributed by atoms with van der Waals surface area (Å²) in [5.74, 6) is -1.14. The van der Waals surface area contributed by atoms with Crippen LogP contribution in [-0.4, -0.2) is 17.6 Å². The molecule has 0 heterocycles. The zero-order valence-corrected chi connectivity index (χ0v) is 6.60. The highest BCUT2D eigenvalue weighted by molar-refractivity contribution is 5.20. The van der Waals surface area contributed by atoms with Crippen molar-refractivity contribution in [1.82, 2.24) is 0 Å². The molecule has 5 N–H and O–H groups in total. The first-order chi connectivity index (χ1) is 5.58. The predicted molar refractivity (Wildman–Crippen MR) is 45.3 cm³/mol. The number of hydrogen-bond acceptors (Lipinski definition) is 4. The van der Waals surface area contributed by atoms with Crippen LogP contribution in [-0.2, 0) is 0 Å². The number of para-hydroxylation sites is 1. The van der Waals surface area contributed by atoms with Gasteiger partial charge in [0.2, 0.25) is 5.85 Å². The maximum Gasteiger partial charge on any atom is 0.202 e. The Morgan fingerprint density at radius 2 is 1.83 bits per heavy atom. The van der Waals surface area contributed by atoms with Crippen molar-refractivity contribution in [3.05, 3.63) is 30.3 Å². The molecule has 0 unspecified atom stereocenters. The first kappa shape index (κ1) is 8.99. The van der Waals surface area contributed by atoms with Gasteiger partial charge in [-0.05, 0) is 12.1 Å². The number of aliphatic hydroxyl groups is 1. The van der Waals surface area contributed by atoms with Gasteiger partial charge in [0.25, 0.3) is 0 Å². The van der Waals surface area contributed by atoms with Gasteiger partial charge in [-0.3, -0.25) is 11.5 Å². The molecule has 0 aromatic heterocycles. The van der Waals surface area contributed by atoms with Crippen molar-refractivity contribution in [3.8, 4) is 5.75 Å². The van der Waals surface area contributed by atoms with E-state index in [1.165, 1.54) is 0 Å². The monoisotopic (exact) mass is 168 g/mol. The molecule has 0 radical (unpaired) electrons. The number of hydrogen-bond donors (Lipinski definition) is 3. The van der Waals surface area contributed by atoms with Crippen molar-refractivity contribution in [2.45, 2.75) is 5.85 Å². The van der Waals surface area contributed by atoms with E-state index in [4.69, 9.17) is 21.3 Å². The number of nitrogens with two attached hydrogens (primary N) is 2. The van der Waals surface area contributed by atoms with E-state index in [1.54, 1.807) is 12.1 Å². The molecule has 1 aromatic rings. The van der Waals surface area contributed by atoms with Crippen LogP contribution in [0.25, 0.3) is 0 Å². The van der Waals surface area contributed by atoms with Crippen LogP contribution in [0.1, 0.15) is 0 Å². The Kier molecular flexibility index (Phi) is 2.65. The first-order valence-corrected chi connectivity index (χ1v) is 3.56. The molecule has 0 bridgehead atoms. The lowest BCUT2D eigenvalue weighted by Gasteiger charge is -2.17. The zero-order chi connectivity index (χ0) is 9.03. The molecule has 4 heteroatoms. The lowest BCUT2D eigenvalue weighted by atomic mass is 10.3. The van der Waals surface area contributed by atoms with Gasteiger partial charge < -0.3 is 9.84 Å². The Bertz CT molecular complexity index is 231. The molecular formula is C8H12N2O2. The molecule has 4 nitrogen and oxygen atoms in total. The second kappa shape index (κ2) is 3.53. The van der Waals surface area contributed by atoms with Crippen molar-refractivity contribution >= 4 is 0 Å². The molecule has 0 aliphatic heterocycles. The molecular weight excluding hydrogens is 156 g/mol. The van der Waals surface area contributed by atoms with Crippen LogP contribution in [0.15, 0.2) is 30.3 Å². The summed E-state index contributed by atoms with van der Waals surface area (Å²) in [4.78, 5) is 0. The summed E-state index contributed by atoms with van der Waals surface area (Å²) in [6.45, 7) is -0.128. The van der Waals surface area contributed by atoms with Crippen LogP contribution in [0.5, 0.6) is 5.75 Å². The third-order valence-electron chi connectivity index (χ3n) is 1.21. The first-order valence-electron chi connectivity index (χ1n) is 3.56. The molecule has 0 saturated heterocycles. The van der Waals surface area contributed by atoms with Crippen molar-refractivity contribution in [2.24, 2.45) is 11.5 Å². The van der Waals surface area contributed by atoms with Crippen LogP contribution >= 0.6 is 0 Å². The second-order valence-corrected chi connectivity index (χ2v) is 2.59. The molecule has 0 aliphatic carbocycles. The standard InChI is InChI=1S/C8H12N2O2/c9-8(10,11)6-12-7-4-2-1-3-5-7/h1-5,11H,6,9-10H2. The van der Waals surface area contributed by atoms with Gasteiger partial charge >= 0.3 is 0 Å². The fraction of sp³-hybridized carbons (Fsp3) is 0.250. The summed E-state index contributed by atoms with van der Waals surface area (Å²) in [5.41, 5.74) is 10.2. The Hall–Kier alpha value is -1.10. The van der Waals surface area contributed by atoms with Gasteiger partial charge in [-0.25, -0.2) is 0 Å². The topological polar surface area (TPSA) is 81.5 Å². The second-order valence-electron chi connectivity index (χ2n) is 2.59. The molecule has 1 rings (SSSR count). The summed E-state index contributed by atoms with van der Waals surface area (Å²) in [6, 6.07) is 9.02. The molecule has 0 aliphatic rings. The average molecular weight is 168 g/mol. The third kappa shape index (κ3) is 3.34. The van der Waals surface area contributed by atoms with Gasteiger partial charge in [-0.1, -0.05) is 18.2 Å². The van der Waals surface area contributed by atoms with E-state index in [2.05, 4.69) is 0 Å². The molecule has 0 spiro atoms. The Morgan fingerprint density at radius 3 is 2.33 bits per heavy atom. The van der Waals surface area contributed by atoms with Gasteiger partial charge in [0.05, 0.1) is 0 Å². The zero-order valence-electron chi connectivity index (χ0n) is 6.60. The van der Waals surface area contributed by atoms with Gasteiger partial charge in [0, 0.05) is 0 Å². The highest BCUT2D eigenvalue weighted by Gasteiger charge is 2.13. The van der Waals surface area contributed by atoms with Crippen LogP contribution < -0.4 is 16.2 Å². The van der Waals surface area contributed by atoms with Crippen molar-refractivity contribution in [2.75, 3.05) is 6.61 Å². The van der Waals surface area contributed by atoms with Crippen molar-refractivity contribution in [1.29, 1.82) is 0 Å². The molecule has 0 amide bonds.